The normalized spacial score (nSPS) is 28.8. The van der Waals surface area contributed by atoms with Gasteiger partial charge in [-0.3, -0.25) is 23.9 Å². The largest absolute Gasteiger partial charge is 0.494 e. The van der Waals surface area contributed by atoms with Gasteiger partial charge < -0.3 is 23.8 Å². The number of esters is 1. The Morgan fingerprint density at radius 1 is 1.07 bits per heavy atom. The molecule has 0 unspecified atom stereocenters. The number of carbonyl (C=O) groups excluding carboxylic acids is 4. The van der Waals surface area contributed by atoms with Crippen LogP contribution in [0.15, 0.2) is 30.4 Å². The Labute approximate surface area is 354 Å². The van der Waals surface area contributed by atoms with Crippen LogP contribution in [0.5, 0.6) is 11.6 Å². The number of ether oxygens (including phenoxy) is 4. The molecule has 336 valence electrons. The summed E-state index contributed by atoms with van der Waals surface area (Å²) in [5.41, 5.74) is -3.76. The lowest BCUT2D eigenvalue weighted by Gasteiger charge is -2.33. The van der Waals surface area contributed by atoms with E-state index in [0.717, 1.165) is 0 Å². The molecule has 0 bridgehead atoms. The van der Waals surface area contributed by atoms with Gasteiger partial charge in [-0.2, -0.15) is 13.2 Å². The fourth-order valence-electron chi connectivity index (χ4n) is 8.55. The third kappa shape index (κ3) is 10.5. The van der Waals surface area contributed by atoms with Gasteiger partial charge in [-0.15, -0.1) is 0 Å². The van der Waals surface area contributed by atoms with Crippen molar-refractivity contribution in [3.8, 4) is 11.6 Å². The molecule has 2 amide bonds. The minimum atomic E-state index is -5.00. The van der Waals surface area contributed by atoms with Crippen molar-refractivity contribution >= 4 is 44.6 Å². The van der Waals surface area contributed by atoms with Crippen molar-refractivity contribution in [2.24, 2.45) is 29.1 Å². The third-order valence-corrected chi connectivity index (χ3v) is 14.4. The Balaban J connectivity index is 1.41. The number of halogens is 3. The number of Topliss-reactive ketones (excluding diaryl/α,β-unsaturated/α-hetero) is 1. The van der Waals surface area contributed by atoms with Crippen molar-refractivity contribution in [3.05, 3.63) is 36.0 Å². The van der Waals surface area contributed by atoms with Gasteiger partial charge in [-0.25, -0.2) is 18.4 Å². The molecule has 1 aromatic carbocycles. The lowest BCUT2D eigenvalue weighted by molar-refractivity contribution is -0.160. The maximum absolute atomic E-state index is 15.1. The minimum Gasteiger partial charge on any atom is -0.494 e. The summed E-state index contributed by atoms with van der Waals surface area (Å²) in [5, 5.41) is 0. The number of nitrogens with zero attached hydrogens (tertiary/aromatic N) is 3. The van der Waals surface area contributed by atoms with Crippen LogP contribution in [-0.2, 0) is 44.9 Å². The van der Waals surface area contributed by atoms with Crippen LogP contribution in [0.1, 0.15) is 105 Å². The molecular weight excluding hydrogens is 822 g/mol. The highest BCUT2D eigenvalue weighted by atomic mass is 32.2. The molecule has 7 atom stereocenters. The second kappa shape index (κ2) is 17.4. The topological polar surface area (TPSA) is 180 Å². The zero-order valence-electron chi connectivity index (χ0n) is 35.8. The summed E-state index contributed by atoms with van der Waals surface area (Å²) in [6, 6.07) is 2.92. The van der Waals surface area contributed by atoms with Crippen molar-refractivity contribution in [1.29, 1.82) is 0 Å². The Morgan fingerprint density at radius 3 is 2.43 bits per heavy atom. The molecule has 6 rings (SSSR count). The molecule has 2 aliphatic heterocycles. The highest BCUT2D eigenvalue weighted by molar-refractivity contribution is 7.91. The summed E-state index contributed by atoms with van der Waals surface area (Å²) in [7, 11) is -2.60. The molecular formula is C43H57F3N4O10S. The number of methoxy groups -OCH3 is 1. The van der Waals surface area contributed by atoms with Gasteiger partial charge in [0.05, 0.1) is 52.7 Å². The summed E-state index contributed by atoms with van der Waals surface area (Å²) < 4.78 is 94.2. The average Bonchev–Trinajstić information content (AvgIpc) is 4.04. The Kier molecular flexibility index (Phi) is 13.2. The molecule has 2 aromatic rings. The zero-order valence-corrected chi connectivity index (χ0v) is 36.6. The van der Waals surface area contributed by atoms with Gasteiger partial charge in [-0.05, 0) is 103 Å². The quantitative estimate of drug-likeness (QED) is 0.196. The maximum Gasteiger partial charge on any atom is 0.438 e. The van der Waals surface area contributed by atoms with Gasteiger partial charge in [0.15, 0.2) is 5.78 Å². The van der Waals surface area contributed by atoms with E-state index in [2.05, 4.69) is 14.7 Å². The number of nitrogens with one attached hydrogen (secondary N) is 1. The summed E-state index contributed by atoms with van der Waals surface area (Å²) in [4.78, 5) is 66.6. The first-order valence-corrected chi connectivity index (χ1v) is 22.4. The average molecular weight is 879 g/mol. The van der Waals surface area contributed by atoms with Crippen molar-refractivity contribution in [3.63, 3.8) is 0 Å². The summed E-state index contributed by atoms with van der Waals surface area (Å²) in [6.07, 6.45) is -0.955. The number of rotatable bonds is 11. The number of aromatic nitrogens is 2. The summed E-state index contributed by atoms with van der Waals surface area (Å²) >= 11 is 0. The lowest BCUT2D eigenvalue weighted by Crippen LogP contribution is -2.48. The maximum atomic E-state index is 15.1. The molecule has 3 heterocycles. The summed E-state index contributed by atoms with van der Waals surface area (Å²) in [5.74, 6) is -5.31. The molecule has 1 aromatic heterocycles. The number of fused-ring (bicyclic) bond motifs is 3. The van der Waals surface area contributed by atoms with E-state index in [1.165, 1.54) is 30.2 Å². The first-order chi connectivity index (χ1) is 28.5. The third-order valence-electron chi connectivity index (χ3n) is 12.3. The Bertz CT molecular complexity index is 2150. The van der Waals surface area contributed by atoms with Gasteiger partial charge in [0.25, 0.3) is 0 Å². The van der Waals surface area contributed by atoms with E-state index in [9.17, 15) is 36.0 Å². The van der Waals surface area contributed by atoms with E-state index >= 15 is 4.79 Å². The fraction of sp³-hybridized carbons (Fsp3) is 0.674. The molecule has 0 spiro atoms. The molecule has 1 saturated heterocycles. The molecule has 14 nitrogen and oxygen atoms in total. The zero-order chi connectivity index (χ0) is 44.7. The van der Waals surface area contributed by atoms with E-state index in [4.69, 9.17) is 18.9 Å². The number of sulfonamides is 1. The molecule has 0 radical (unpaired) electrons. The van der Waals surface area contributed by atoms with Crippen LogP contribution in [0, 0.1) is 29.1 Å². The molecule has 2 aliphatic carbocycles. The fourth-order valence-corrected chi connectivity index (χ4v) is 9.88. The first-order valence-electron chi connectivity index (χ1n) is 20.9. The van der Waals surface area contributed by atoms with E-state index in [-0.39, 0.29) is 49.4 Å². The van der Waals surface area contributed by atoms with Gasteiger partial charge in [0.2, 0.25) is 33.4 Å². The Morgan fingerprint density at radius 2 is 1.79 bits per heavy atom. The molecule has 1 N–H and O–H groups in total. The van der Waals surface area contributed by atoms with Crippen LogP contribution < -0.4 is 14.2 Å². The number of hydrogen-bond acceptors (Lipinski definition) is 12. The highest BCUT2D eigenvalue weighted by Gasteiger charge is 2.63. The van der Waals surface area contributed by atoms with E-state index in [0.29, 0.717) is 44.5 Å². The van der Waals surface area contributed by atoms with Crippen LogP contribution in [0.25, 0.3) is 11.0 Å². The van der Waals surface area contributed by atoms with Gasteiger partial charge >= 0.3 is 12.1 Å². The molecule has 4 aliphatic rings. The first kappa shape index (κ1) is 46.2. The Hall–Kier alpha value is -4.32. The van der Waals surface area contributed by atoms with Crippen LogP contribution in [0.2, 0.25) is 0 Å². The molecule has 2 saturated carbocycles. The predicted molar refractivity (Wildman–Crippen MR) is 217 cm³/mol. The summed E-state index contributed by atoms with van der Waals surface area (Å²) in [6.45, 7) is 10.4. The highest BCUT2D eigenvalue weighted by Crippen LogP contribution is 2.58. The monoisotopic (exact) mass is 878 g/mol. The lowest BCUT2D eigenvalue weighted by atomic mass is 9.81. The molecule has 3 fully saturated rings. The van der Waals surface area contributed by atoms with Gasteiger partial charge in [0, 0.05) is 32.6 Å². The van der Waals surface area contributed by atoms with Gasteiger partial charge in [-0.1, -0.05) is 19.1 Å². The van der Waals surface area contributed by atoms with Crippen molar-refractivity contribution in [2.75, 3.05) is 26.9 Å². The second-order valence-corrected chi connectivity index (χ2v) is 20.6. The number of allylic oxidation sites excluding steroid dienone is 2. The van der Waals surface area contributed by atoms with Crippen LogP contribution in [-0.4, -0.2) is 96.2 Å². The molecule has 18 heteroatoms. The second-order valence-electron chi connectivity index (χ2n) is 18.4. The van der Waals surface area contributed by atoms with E-state index in [1.54, 1.807) is 34.6 Å². The predicted octanol–water partition coefficient (Wildman–Crippen LogP) is 6.35. The number of alkyl halides is 3. The van der Waals surface area contributed by atoms with Crippen LogP contribution in [0.3, 0.4) is 0 Å². The number of carbonyl (C=O) groups is 4. The van der Waals surface area contributed by atoms with E-state index < -0.39 is 103 Å². The standard InChI is InChI=1S/C43H57F3N4O10S/c1-8-58-28-13-14-31-32(18-28)48-37(36(47-31)43(44,45)46)59-29-19-33-34(51)22-42(39(54)49-61(55,56)41(6)15-16-41)21-27(42)12-10-9-11-25(2)17-26(24-57-7)30(38(53)50(33)23-29)20-35(52)60-40(3,4)5/h10,12-14,18,25-27,29-30,33H,8-9,11,15-17,19-24H2,1-7H3,(H,49,54)/b12-10-/t25-,26-,27+,29+,30-,33-,42+/m0/s1. The van der Waals surface area contributed by atoms with Gasteiger partial charge in [0.1, 0.15) is 17.5 Å². The SMILES string of the molecule is CCOc1ccc2nc(C(F)(F)F)c(O[C@@H]3C[C@H]4C(=O)C[C@]5(C(=O)NS(=O)(=O)C6(C)CC6)C[C@H]5/C=C\CC[C@H](C)C[C@@H](COC)[C@H](CC(=O)OC(C)(C)C)C(=O)N4C3)nc2c1. The van der Waals surface area contributed by atoms with Crippen molar-refractivity contribution < 1.29 is 59.7 Å². The minimum absolute atomic E-state index is 0.0168. The van der Waals surface area contributed by atoms with Crippen molar-refractivity contribution in [1.82, 2.24) is 19.6 Å². The number of amides is 2. The van der Waals surface area contributed by atoms with Crippen molar-refractivity contribution in [2.45, 2.75) is 128 Å². The number of benzene rings is 1. The molecule has 61 heavy (non-hydrogen) atoms. The number of hydrogen-bond donors (Lipinski definition) is 1. The van der Waals surface area contributed by atoms with Crippen LogP contribution in [0.4, 0.5) is 13.2 Å². The van der Waals surface area contributed by atoms with E-state index in [1.807, 2.05) is 19.1 Å². The smallest absolute Gasteiger partial charge is 0.438 e. The van der Waals surface area contributed by atoms with Crippen LogP contribution >= 0.6 is 0 Å². The number of ketones is 1.